The van der Waals surface area contributed by atoms with E-state index in [-0.39, 0.29) is 5.91 Å². The molecule has 0 atom stereocenters. The zero-order valence-electron chi connectivity index (χ0n) is 15.4. The van der Waals surface area contributed by atoms with E-state index in [0.717, 1.165) is 17.2 Å². The third-order valence-corrected chi connectivity index (χ3v) is 4.82. The fourth-order valence-corrected chi connectivity index (χ4v) is 3.37. The molecule has 1 saturated heterocycles. The number of ether oxygens (including phenoxy) is 1. The number of carbonyl (C=O) groups excluding carboxylic acids is 1. The topological polar surface area (TPSA) is 32.8 Å². The molecule has 0 spiro atoms. The number of anilines is 1. The molecule has 0 aromatic heterocycles. The molecular formula is C23H21FN2O2. The molecule has 0 bridgehead atoms. The number of para-hydroxylation sites is 3. The first-order valence-corrected chi connectivity index (χ1v) is 9.32. The Labute approximate surface area is 163 Å². The maximum absolute atomic E-state index is 13.4. The van der Waals surface area contributed by atoms with E-state index in [1.807, 2.05) is 54.6 Å². The van der Waals surface area contributed by atoms with Crippen molar-refractivity contribution in [1.29, 1.82) is 0 Å². The van der Waals surface area contributed by atoms with Crippen LogP contribution in [0.2, 0.25) is 0 Å². The molecule has 5 heteroatoms. The summed E-state index contributed by atoms with van der Waals surface area (Å²) < 4.78 is 19.5. The van der Waals surface area contributed by atoms with Crippen molar-refractivity contribution in [3.05, 3.63) is 90.2 Å². The Balaban J connectivity index is 1.45. The van der Waals surface area contributed by atoms with Gasteiger partial charge in [0.15, 0.2) is 5.75 Å². The van der Waals surface area contributed by atoms with Crippen molar-refractivity contribution >= 4 is 11.6 Å². The van der Waals surface area contributed by atoms with E-state index in [9.17, 15) is 9.18 Å². The monoisotopic (exact) mass is 376 g/mol. The van der Waals surface area contributed by atoms with Gasteiger partial charge in [0.1, 0.15) is 11.6 Å². The first-order chi connectivity index (χ1) is 13.7. The summed E-state index contributed by atoms with van der Waals surface area (Å²) in [6.45, 7) is 2.54. The van der Waals surface area contributed by atoms with Crippen LogP contribution >= 0.6 is 0 Å². The molecule has 142 valence electrons. The third-order valence-electron chi connectivity index (χ3n) is 4.82. The third kappa shape index (κ3) is 3.98. The van der Waals surface area contributed by atoms with Crippen molar-refractivity contribution in [2.75, 3.05) is 31.1 Å². The summed E-state index contributed by atoms with van der Waals surface area (Å²) in [5.74, 6) is 1.05. The fraction of sp³-hybridized carbons (Fsp3) is 0.174. The van der Waals surface area contributed by atoms with Gasteiger partial charge in [0, 0.05) is 31.7 Å². The highest BCUT2D eigenvalue weighted by molar-refractivity contribution is 5.94. The number of piperazine rings is 1. The van der Waals surface area contributed by atoms with Crippen LogP contribution in [0, 0.1) is 5.82 Å². The van der Waals surface area contributed by atoms with Gasteiger partial charge in [-0.25, -0.2) is 4.39 Å². The molecule has 3 aromatic rings. The highest BCUT2D eigenvalue weighted by Gasteiger charge is 2.24. The van der Waals surface area contributed by atoms with Crippen LogP contribution in [0.5, 0.6) is 11.5 Å². The van der Waals surface area contributed by atoms with Crippen molar-refractivity contribution < 1.29 is 13.9 Å². The van der Waals surface area contributed by atoms with Gasteiger partial charge in [0.05, 0.1) is 5.69 Å². The van der Waals surface area contributed by atoms with E-state index < -0.39 is 5.82 Å². The molecular weight excluding hydrogens is 355 g/mol. The van der Waals surface area contributed by atoms with Crippen LogP contribution < -0.4 is 9.64 Å². The number of nitrogens with zero attached hydrogens (tertiary/aromatic N) is 2. The number of carbonyl (C=O) groups is 1. The van der Waals surface area contributed by atoms with Gasteiger partial charge in [-0.3, -0.25) is 4.79 Å². The van der Waals surface area contributed by atoms with E-state index in [4.69, 9.17) is 4.74 Å². The number of halogens is 1. The van der Waals surface area contributed by atoms with Crippen molar-refractivity contribution in [2.45, 2.75) is 0 Å². The minimum absolute atomic E-state index is 0.132. The van der Waals surface area contributed by atoms with Crippen LogP contribution in [-0.2, 0) is 0 Å². The smallest absolute Gasteiger partial charge is 0.254 e. The molecule has 3 aromatic carbocycles. The average Bonchev–Trinajstić information content (AvgIpc) is 2.74. The lowest BCUT2D eigenvalue weighted by Gasteiger charge is -2.36. The summed E-state index contributed by atoms with van der Waals surface area (Å²) in [5, 5.41) is 0. The number of hydrogen-bond acceptors (Lipinski definition) is 3. The predicted octanol–water partition coefficient (Wildman–Crippen LogP) is 4.58. The predicted molar refractivity (Wildman–Crippen MR) is 107 cm³/mol. The maximum atomic E-state index is 13.4. The summed E-state index contributed by atoms with van der Waals surface area (Å²) in [5.41, 5.74) is 1.39. The number of hydrogen-bond donors (Lipinski definition) is 0. The normalized spacial score (nSPS) is 14.0. The second-order valence-corrected chi connectivity index (χ2v) is 6.67. The summed E-state index contributed by atoms with van der Waals surface area (Å²) in [6, 6.07) is 23.4. The summed E-state index contributed by atoms with van der Waals surface area (Å²) in [7, 11) is 0. The van der Waals surface area contributed by atoms with Crippen LogP contribution in [-0.4, -0.2) is 37.0 Å². The van der Waals surface area contributed by atoms with Crippen LogP contribution in [0.25, 0.3) is 0 Å². The average molecular weight is 376 g/mol. The van der Waals surface area contributed by atoms with E-state index in [1.54, 1.807) is 17.0 Å². The molecule has 1 aliphatic heterocycles. The quantitative estimate of drug-likeness (QED) is 0.668. The largest absolute Gasteiger partial charge is 0.455 e. The lowest BCUT2D eigenvalue weighted by molar-refractivity contribution is 0.0746. The van der Waals surface area contributed by atoms with Crippen molar-refractivity contribution in [1.82, 2.24) is 4.90 Å². The highest BCUT2D eigenvalue weighted by Crippen LogP contribution is 2.32. The Morgan fingerprint density at radius 3 is 2.29 bits per heavy atom. The standard InChI is InChI=1S/C23H21FN2O2/c24-19-8-6-7-18(17-19)23(27)26-15-13-25(14-16-26)21-11-4-5-12-22(21)28-20-9-2-1-3-10-20/h1-12,17H,13-16H2. The van der Waals surface area contributed by atoms with Gasteiger partial charge in [0.25, 0.3) is 5.91 Å². The highest BCUT2D eigenvalue weighted by atomic mass is 19.1. The number of benzene rings is 3. The van der Waals surface area contributed by atoms with E-state index in [1.165, 1.54) is 12.1 Å². The van der Waals surface area contributed by atoms with Gasteiger partial charge in [-0.15, -0.1) is 0 Å². The molecule has 4 nitrogen and oxygen atoms in total. The molecule has 1 fully saturated rings. The van der Waals surface area contributed by atoms with Crippen molar-refractivity contribution in [3.8, 4) is 11.5 Å². The summed E-state index contributed by atoms with van der Waals surface area (Å²) >= 11 is 0. The lowest BCUT2D eigenvalue weighted by atomic mass is 10.1. The van der Waals surface area contributed by atoms with Gasteiger partial charge in [0.2, 0.25) is 0 Å². The maximum Gasteiger partial charge on any atom is 0.254 e. The van der Waals surface area contributed by atoms with E-state index in [2.05, 4.69) is 4.90 Å². The van der Waals surface area contributed by atoms with Crippen molar-refractivity contribution in [2.24, 2.45) is 0 Å². The molecule has 1 heterocycles. The molecule has 0 saturated carbocycles. The van der Waals surface area contributed by atoms with Gasteiger partial charge in [-0.2, -0.15) is 0 Å². The molecule has 1 amide bonds. The van der Waals surface area contributed by atoms with Crippen molar-refractivity contribution in [3.63, 3.8) is 0 Å². The molecule has 1 aliphatic rings. The zero-order chi connectivity index (χ0) is 19.3. The Bertz CT molecular complexity index is 954. The van der Waals surface area contributed by atoms with E-state index in [0.29, 0.717) is 31.7 Å². The second kappa shape index (κ2) is 8.13. The van der Waals surface area contributed by atoms with Crippen LogP contribution in [0.4, 0.5) is 10.1 Å². The molecule has 28 heavy (non-hydrogen) atoms. The van der Waals surface area contributed by atoms with Gasteiger partial charge < -0.3 is 14.5 Å². The molecule has 0 N–H and O–H groups in total. The Morgan fingerprint density at radius 2 is 1.54 bits per heavy atom. The minimum atomic E-state index is -0.392. The minimum Gasteiger partial charge on any atom is -0.455 e. The first kappa shape index (κ1) is 18.0. The number of rotatable bonds is 4. The summed E-state index contributed by atoms with van der Waals surface area (Å²) in [4.78, 5) is 16.6. The van der Waals surface area contributed by atoms with Gasteiger partial charge >= 0.3 is 0 Å². The number of amides is 1. The zero-order valence-corrected chi connectivity index (χ0v) is 15.4. The van der Waals surface area contributed by atoms with Gasteiger partial charge in [-0.1, -0.05) is 36.4 Å². The van der Waals surface area contributed by atoms with Crippen LogP contribution in [0.1, 0.15) is 10.4 Å². The molecule has 0 radical (unpaired) electrons. The van der Waals surface area contributed by atoms with Gasteiger partial charge in [-0.05, 0) is 42.5 Å². The Kier molecular flexibility index (Phi) is 5.24. The summed E-state index contributed by atoms with van der Waals surface area (Å²) in [6.07, 6.45) is 0. The van der Waals surface area contributed by atoms with Crippen LogP contribution in [0.3, 0.4) is 0 Å². The Morgan fingerprint density at radius 1 is 0.821 bits per heavy atom. The first-order valence-electron chi connectivity index (χ1n) is 9.32. The Hall–Kier alpha value is -3.34. The fourth-order valence-electron chi connectivity index (χ4n) is 3.37. The molecule has 4 rings (SSSR count). The molecule has 0 unspecified atom stereocenters. The second-order valence-electron chi connectivity index (χ2n) is 6.67. The molecule has 0 aliphatic carbocycles. The van der Waals surface area contributed by atoms with Crippen LogP contribution in [0.15, 0.2) is 78.9 Å². The van der Waals surface area contributed by atoms with E-state index >= 15 is 0 Å². The SMILES string of the molecule is O=C(c1cccc(F)c1)N1CCN(c2ccccc2Oc2ccccc2)CC1. The lowest BCUT2D eigenvalue weighted by Crippen LogP contribution is -2.48.